The lowest BCUT2D eigenvalue weighted by Gasteiger charge is -2.38. The Kier molecular flexibility index (Phi) is 7.77. The molecule has 2 aromatic carbocycles. The van der Waals surface area contributed by atoms with Gasteiger partial charge in [0.2, 0.25) is 15.9 Å². The van der Waals surface area contributed by atoms with Gasteiger partial charge in [0.05, 0.1) is 38.4 Å². The molecule has 2 aliphatic heterocycles. The highest BCUT2D eigenvalue weighted by molar-refractivity contribution is 7.89. The lowest BCUT2D eigenvalue weighted by atomic mass is 9.89. The van der Waals surface area contributed by atoms with Gasteiger partial charge in [-0.2, -0.15) is 4.31 Å². The number of benzene rings is 2. The minimum Gasteiger partial charge on any atom is -0.497 e. The first-order valence-electron chi connectivity index (χ1n) is 12.0. The van der Waals surface area contributed by atoms with Crippen molar-refractivity contribution in [2.45, 2.75) is 49.6 Å². The fourth-order valence-corrected chi connectivity index (χ4v) is 6.11. The van der Waals surface area contributed by atoms with E-state index in [1.54, 1.807) is 25.3 Å². The Bertz CT molecular complexity index is 1210. The van der Waals surface area contributed by atoms with E-state index in [9.17, 15) is 13.2 Å². The van der Waals surface area contributed by atoms with Crippen LogP contribution in [-0.2, 0) is 26.0 Å². The lowest BCUT2D eigenvalue weighted by molar-refractivity contribution is -0.122. The number of nitrogens with zero attached hydrogens (tertiary/aromatic N) is 1. The van der Waals surface area contributed by atoms with Crippen molar-refractivity contribution in [3.8, 4) is 17.2 Å². The molecule has 9 nitrogen and oxygen atoms in total. The highest BCUT2D eigenvalue weighted by atomic mass is 32.2. The average molecular weight is 519 g/mol. The topological polar surface area (TPSA) is 103 Å². The second-order valence-corrected chi connectivity index (χ2v) is 11.5. The number of hydrogen-bond acceptors (Lipinski definition) is 7. The van der Waals surface area contributed by atoms with E-state index in [2.05, 4.69) is 5.32 Å². The number of carbonyl (C=O) groups is 1. The molecule has 1 amide bonds. The van der Waals surface area contributed by atoms with E-state index in [4.69, 9.17) is 18.9 Å². The molecule has 1 fully saturated rings. The van der Waals surface area contributed by atoms with Crippen molar-refractivity contribution in [2.24, 2.45) is 0 Å². The SMILES string of the molecule is COc1ccc2c(c1)[C@H](NC(=O)CCc1cc(S(=O)(=O)N3CCOCC3)ccc1OC)CC(C)(C)O2. The Labute approximate surface area is 212 Å². The van der Waals surface area contributed by atoms with Gasteiger partial charge in [-0.25, -0.2) is 8.42 Å². The summed E-state index contributed by atoms with van der Waals surface area (Å²) < 4.78 is 49.8. The van der Waals surface area contributed by atoms with Crippen LogP contribution >= 0.6 is 0 Å². The third-order valence-electron chi connectivity index (χ3n) is 6.49. The summed E-state index contributed by atoms with van der Waals surface area (Å²) in [6, 6.07) is 10.1. The number of nitrogens with one attached hydrogen (secondary N) is 1. The van der Waals surface area contributed by atoms with Crippen LogP contribution < -0.4 is 19.5 Å². The standard InChI is InChI=1S/C26H34N2O7S/c1-26(2)17-22(21-16-19(32-3)6-8-24(21)35-26)27-25(29)10-5-18-15-20(7-9-23(18)33-4)36(30,31)28-11-13-34-14-12-28/h6-9,15-16,22H,5,10-14,17H2,1-4H3,(H,27,29)/t22-/m1/s1. The maximum atomic E-state index is 13.1. The first kappa shape index (κ1) is 26.2. The van der Waals surface area contributed by atoms with Gasteiger partial charge < -0.3 is 24.3 Å². The minimum atomic E-state index is -3.65. The molecule has 0 radical (unpaired) electrons. The smallest absolute Gasteiger partial charge is 0.243 e. The summed E-state index contributed by atoms with van der Waals surface area (Å²) in [6.07, 6.45) is 1.11. The molecule has 0 saturated carbocycles. The molecule has 1 N–H and O–H groups in total. The summed E-state index contributed by atoms with van der Waals surface area (Å²) >= 11 is 0. The molecule has 10 heteroatoms. The Hall–Kier alpha value is -2.82. The van der Waals surface area contributed by atoms with Crippen molar-refractivity contribution in [3.05, 3.63) is 47.5 Å². The number of rotatable bonds is 8. The van der Waals surface area contributed by atoms with Crippen molar-refractivity contribution in [1.29, 1.82) is 0 Å². The van der Waals surface area contributed by atoms with Gasteiger partial charge in [0.15, 0.2) is 0 Å². The fraction of sp³-hybridized carbons (Fsp3) is 0.500. The molecule has 0 aliphatic carbocycles. The van der Waals surface area contributed by atoms with E-state index >= 15 is 0 Å². The molecule has 2 heterocycles. The number of ether oxygens (including phenoxy) is 4. The van der Waals surface area contributed by atoms with Gasteiger partial charge in [-0.3, -0.25) is 4.79 Å². The van der Waals surface area contributed by atoms with Crippen LogP contribution in [0.5, 0.6) is 17.2 Å². The molecule has 1 saturated heterocycles. The number of sulfonamides is 1. The number of aryl methyl sites for hydroxylation is 1. The van der Waals surface area contributed by atoms with E-state index in [1.165, 1.54) is 11.4 Å². The molecule has 0 aromatic heterocycles. The molecular formula is C26H34N2O7S. The van der Waals surface area contributed by atoms with Crippen LogP contribution in [0.1, 0.15) is 43.9 Å². The fourth-order valence-electron chi connectivity index (χ4n) is 4.65. The largest absolute Gasteiger partial charge is 0.497 e. The molecular weight excluding hydrogens is 484 g/mol. The molecule has 196 valence electrons. The van der Waals surface area contributed by atoms with Crippen molar-refractivity contribution < 1.29 is 32.2 Å². The summed E-state index contributed by atoms with van der Waals surface area (Å²) in [6.45, 7) is 5.37. The van der Waals surface area contributed by atoms with Gasteiger partial charge in [0.25, 0.3) is 0 Å². The highest BCUT2D eigenvalue weighted by Crippen LogP contribution is 2.41. The van der Waals surface area contributed by atoms with Crippen molar-refractivity contribution >= 4 is 15.9 Å². The predicted octanol–water partition coefficient (Wildman–Crippen LogP) is 3.08. The lowest BCUT2D eigenvalue weighted by Crippen LogP contribution is -2.41. The van der Waals surface area contributed by atoms with Crippen LogP contribution in [0.25, 0.3) is 0 Å². The van der Waals surface area contributed by atoms with Crippen LogP contribution in [0, 0.1) is 0 Å². The van der Waals surface area contributed by atoms with E-state index in [0.717, 1.165) is 11.3 Å². The second-order valence-electron chi connectivity index (χ2n) is 9.58. The Morgan fingerprint density at radius 3 is 2.56 bits per heavy atom. The zero-order valence-corrected chi connectivity index (χ0v) is 22.0. The average Bonchev–Trinajstić information content (AvgIpc) is 2.87. The van der Waals surface area contributed by atoms with E-state index in [0.29, 0.717) is 56.2 Å². The normalized spacial score (nSPS) is 19.6. The molecule has 2 aliphatic rings. The second kappa shape index (κ2) is 10.7. The summed E-state index contributed by atoms with van der Waals surface area (Å²) in [7, 11) is -0.520. The summed E-state index contributed by atoms with van der Waals surface area (Å²) in [4.78, 5) is 13.2. The number of carbonyl (C=O) groups excluding carboxylic acids is 1. The zero-order valence-electron chi connectivity index (χ0n) is 21.2. The summed E-state index contributed by atoms with van der Waals surface area (Å²) in [5.74, 6) is 1.82. The summed E-state index contributed by atoms with van der Waals surface area (Å²) in [5, 5.41) is 3.13. The third-order valence-corrected chi connectivity index (χ3v) is 8.39. The third kappa shape index (κ3) is 5.77. The monoisotopic (exact) mass is 518 g/mol. The van der Waals surface area contributed by atoms with E-state index in [-0.39, 0.29) is 23.3 Å². The van der Waals surface area contributed by atoms with Crippen LogP contribution in [0.15, 0.2) is 41.3 Å². The van der Waals surface area contributed by atoms with Crippen LogP contribution in [0.3, 0.4) is 0 Å². The minimum absolute atomic E-state index is 0.144. The number of morpholine rings is 1. The zero-order chi connectivity index (χ0) is 25.9. The molecule has 1 atom stereocenters. The van der Waals surface area contributed by atoms with Crippen molar-refractivity contribution in [3.63, 3.8) is 0 Å². The van der Waals surface area contributed by atoms with Crippen LogP contribution in [0.4, 0.5) is 0 Å². The van der Waals surface area contributed by atoms with Gasteiger partial charge >= 0.3 is 0 Å². The highest BCUT2D eigenvalue weighted by Gasteiger charge is 2.35. The Balaban J connectivity index is 1.49. The van der Waals surface area contributed by atoms with E-state index in [1.807, 2.05) is 32.0 Å². The quantitative estimate of drug-likeness (QED) is 0.573. The van der Waals surface area contributed by atoms with Crippen molar-refractivity contribution in [1.82, 2.24) is 9.62 Å². The van der Waals surface area contributed by atoms with Crippen molar-refractivity contribution in [2.75, 3.05) is 40.5 Å². The van der Waals surface area contributed by atoms with Crippen LogP contribution in [0.2, 0.25) is 0 Å². The molecule has 0 spiro atoms. The Morgan fingerprint density at radius 1 is 1.11 bits per heavy atom. The number of fused-ring (bicyclic) bond motifs is 1. The number of amides is 1. The molecule has 4 rings (SSSR count). The maximum absolute atomic E-state index is 13.1. The summed E-state index contributed by atoms with van der Waals surface area (Å²) in [5.41, 5.74) is 1.10. The molecule has 2 aromatic rings. The van der Waals surface area contributed by atoms with Gasteiger partial charge in [-0.05, 0) is 62.2 Å². The molecule has 0 unspecified atom stereocenters. The van der Waals surface area contributed by atoms with Gasteiger partial charge in [0, 0.05) is 31.5 Å². The number of methoxy groups -OCH3 is 2. The van der Waals surface area contributed by atoms with Gasteiger partial charge in [0.1, 0.15) is 22.8 Å². The predicted molar refractivity (Wildman–Crippen MR) is 134 cm³/mol. The first-order valence-corrected chi connectivity index (χ1v) is 13.5. The van der Waals surface area contributed by atoms with Gasteiger partial charge in [-0.1, -0.05) is 0 Å². The Morgan fingerprint density at radius 2 is 1.86 bits per heavy atom. The maximum Gasteiger partial charge on any atom is 0.243 e. The molecule has 36 heavy (non-hydrogen) atoms. The van der Waals surface area contributed by atoms with Crippen LogP contribution in [-0.4, -0.2) is 64.8 Å². The van der Waals surface area contributed by atoms with E-state index < -0.39 is 15.6 Å². The first-order chi connectivity index (χ1) is 17.1. The van der Waals surface area contributed by atoms with Gasteiger partial charge in [-0.15, -0.1) is 0 Å². The molecule has 0 bridgehead atoms. The number of hydrogen-bond donors (Lipinski definition) is 1.